The van der Waals surface area contributed by atoms with Gasteiger partial charge in [0.25, 0.3) is 5.78 Å². The average Bonchev–Trinajstić information content (AvgIpc) is 3.43. The molecule has 0 saturated carbocycles. The molecule has 9 nitrogen and oxygen atoms in total. The minimum absolute atomic E-state index is 0.0626. The number of anilines is 1. The summed E-state index contributed by atoms with van der Waals surface area (Å²) in [5.74, 6) is 0.505. The monoisotopic (exact) mass is 489 g/mol. The maximum atomic E-state index is 13.1. The van der Waals surface area contributed by atoms with Gasteiger partial charge in [-0.05, 0) is 50.7 Å². The number of piperazine rings is 1. The summed E-state index contributed by atoms with van der Waals surface area (Å²) in [6.45, 7) is 5.61. The Morgan fingerprint density at radius 2 is 1.86 bits per heavy atom. The number of phenolic OH excluding ortho intramolecular Hbond substituents is 1. The molecule has 0 aliphatic carbocycles. The second-order valence-electron chi connectivity index (χ2n) is 9.21. The molecule has 35 heavy (non-hydrogen) atoms. The summed E-state index contributed by atoms with van der Waals surface area (Å²) in [6, 6.07) is 3.27. The van der Waals surface area contributed by atoms with Crippen LogP contribution in [0.1, 0.15) is 17.5 Å². The summed E-state index contributed by atoms with van der Waals surface area (Å²) in [5.41, 5.74) is -0.144. The van der Waals surface area contributed by atoms with Crippen LogP contribution in [0.5, 0.6) is 5.75 Å². The Kier molecular flexibility index (Phi) is 5.78. The van der Waals surface area contributed by atoms with Gasteiger partial charge in [-0.2, -0.15) is 18.2 Å². The molecule has 2 aliphatic rings. The molecule has 3 aromatic rings. The number of phenols is 1. The summed E-state index contributed by atoms with van der Waals surface area (Å²) in [4.78, 5) is 27.8. The highest BCUT2D eigenvalue weighted by atomic mass is 19.4. The van der Waals surface area contributed by atoms with E-state index >= 15 is 0 Å². The number of aromatic nitrogens is 4. The van der Waals surface area contributed by atoms with Crippen molar-refractivity contribution in [1.82, 2.24) is 29.4 Å². The fourth-order valence-corrected chi connectivity index (χ4v) is 4.83. The van der Waals surface area contributed by atoms with E-state index < -0.39 is 17.5 Å². The Labute approximate surface area is 199 Å². The van der Waals surface area contributed by atoms with Crippen LogP contribution in [-0.4, -0.2) is 86.7 Å². The van der Waals surface area contributed by atoms with Crippen molar-refractivity contribution < 1.29 is 23.1 Å². The van der Waals surface area contributed by atoms with Gasteiger partial charge in [0.1, 0.15) is 5.75 Å². The van der Waals surface area contributed by atoms with Crippen molar-refractivity contribution in [1.29, 1.82) is 0 Å². The lowest BCUT2D eigenvalue weighted by atomic mass is 10.0. The van der Waals surface area contributed by atoms with Crippen molar-refractivity contribution in [2.75, 3.05) is 51.2 Å². The topological polar surface area (TPSA) is 90.1 Å². The van der Waals surface area contributed by atoms with Gasteiger partial charge in [-0.3, -0.25) is 4.79 Å². The van der Waals surface area contributed by atoms with Crippen molar-refractivity contribution in [3.8, 4) is 17.0 Å². The van der Waals surface area contributed by atoms with E-state index in [2.05, 4.69) is 20.0 Å². The number of fused-ring (bicyclic) bond motifs is 1. The Bertz CT molecular complexity index is 1240. The standard InChI is InChI=1S/C23H26F3N7O2/c1-14-11-16(23(24,25)26)12-18(34)19(14)17-4-6-33-21(27-17)28-22(29-33)32-9-7-31(8-10-32)20(35)15-3-5-30(2)13-15/h4,6,11-12,15,34H,3,5,7-10,13H2,1-2H3. The number of carbonyl (C=O) groups is 1. The molecule has 4 heterocycles. The number of likely N-dealkylation sites (tertiary alicyclic amines) is 1. The minimum atomic E-state index is -4.55. The van der Waals surface area contributed by atoms with Gasteiger partial charge in [0.05, 0.1) is 17.2 Å². The van der Waals surface area contributed by atoms with Crippen LogP contribution in [0.3, 0.4) is 0 Å². The molecule has 0 radical (unpaired) electrons. The van der Waals surface area contributed by atoms with Gasteiger partial charge < -0.3 is 19.8 Å². The van der Waals surface area contributed by atoms with Crippen LogP contribution < -0.4 is 4.90 Å². The third-order valence-corrected chi connectivity index (χ3v) is 6.71. The first-order valence-electron chi connectivity index (χ1n) is 11.5. The van der Waals surface area contributed by atoms with E-state index in [4.69, 9.17) is 0 Å². The number of carbonyl (C=O) groups excluding carboxylic acids is 1. The molecule has 0 spiro atoms. The number of alkyl halides is 3. The van der Waals surface area contributed by atoms with Gasteiger partial charge in [-0.1, -0.05) is 0 Å². The maximum absolute atomic E-state index is 13.1. The van der Waals surface area contributed by atoms with Crippen molar-refractivity contribution in [2.45, 2.75) is 19.5 Å². The molecule has 12 heteroatoms. The molecule has 5 rings (SSSR count). The van der Waals surface area contributed by atoms with Crippen molar-refractivity contribution in [3.05, 3.63) is 35.5 Å². The number of amides is 1. The summed E-state index contributed by atoms with van der Waals surface area (Å²) in [7, 11) is 2.03. The van der Waals surface area contributed by atoms with Crippen molar-refractivity contribution >= 4 is 17.6 Å². The van der Waals surface area contributed by atoms with Crippen molar-refractivity contribution in [2.24, 2.45) is 5.92 Å². The molecule has 1 N–H and O–H groups in total. The molecule has 2 aliphatic heterocycles. The number of halogens is 3. The number of rotatable bonds is 3. The lowest BCUT2D eigenvalue weighted by Crippen LogP contribution is -2.51. The second-order valence-corrected chi connectivity index (χ2v) is 9.21. The number of nitrogens with zero attached hydrogens (tertiary/aromatic N) is 7. The van der Waals surface area contributed by atoms with E-state index in [9.17, 15) is 23.1 Å². The highest BCUT2D eigenvalue weighted by Crippen LogP contribution is 2.38. The molecule has 1 aromatic carbocycles. The smallest absolute Gasteiger partial charge is 0.416 e. The summed E-state index contributed by atoms with van der Waals surface area (Å²) in [6.07, 6.45) is -2.05. The maximum Gasteiger partial charge on any atom is 0.416 e. The van der Waals surface area contributed by atoms with E-state index in [1.807, 2.05) is 16.8 Å². The molecule has 1 amide bonds. The molecule has 186 valence electrons. The predicted molar refractivity (Wildman–Crippen MR) is 122 cm³/mol. The number of hydrogen-bond donors (Lipinski definition) is 1. The molecule has 2 aromatic heterocycles. The van der Waals surface area contributed by atoms with Crippen LogP contribution in [0.25, 0.3) is 17.0 Å². The largest absolute Gasteiger partial charge is 0.507 e. The van der Waals surface area contributed by atoms with Gasteiger partial charge >= 0.3 is 6.18 Å². The zero-order chi connectivity index (χ0) is 24.9. The zero-order valence-corrected chi connectivity index (χ0v) is 19.5. The molecule has 2 fully saturated rings. The average molecular weight is 490 g/mol. The Morgan fingerprint density at radius 1 is 1.11 bits per heavy atom. The van der Waals surface area contributed by atoms with Crippen LogP contribution in [0.2, 0.25) is 0 Å². The quantitative estimate of drug-likeness (QED) is 0.605. The fraction of sp³-hybridized carbons (Fsp3) is 0.478. The van der Waals surface area contributed by atoms with E-state index in [0.717, 1.165) is 25.6 Å². The van der Waals surface area contributed by atoms with Gasteiger partial charge in [-0.15, -0.1) is 5.10 Å². The molecular formula is C23H26F3N7O2. The van der Waals surface area contributed by atoms with Crippen molar-refractivity contribution in [3.63, 3.8) is 0 Å². The number of aromatic hydroxyl groups is 1. The lowest BCUT2D eigenvalue weighted by Gasteiger charge is -2.35. The van der Waals surface area contributed by atoms with Gasteiger partial charge in [-0.25, -0.2) is 9.50 Å². The van der Waals surface area contributed by atoms with Gasteiger partial charge in [0.15, 0.2) is 0 Å². The van der Waals surface area contributed by atoms with Crippen LogP contribution in [-0.2, 0) is 11.0 Å². The van der Waals surface area contributed by atoms with E-state index in [-0.39, 0.29) is 28.7 Å². The first kappa shape index (κ1) is 23.3. The highest BCUT2D eigenvalue weighted by molar-refractivity contribution is 5.79. The second kappa shape index (κ2) is 8.67. The van der Waals surface area contributed by atoms with Crippen LogP contribution in [0.15, 0.2) is 24.4 Å². The SMILES string of the molecule is Cc1cc(C(F)(F)F)cc(O)c1-c1ccn2nc(N3CCN(C(=O)C4CCN(C)C4)CC3)nc2n1. The minimum Gasteiger partial charge on any atom is -0.507 e. The zero-order valence-electron chi connectivity index (χ0n) is 19.5. The normalized spacial score (nSPS) is 19.6. The summed E-state index contributed by atoms with van der Waals surface area (Å²) >= 11 is 0. The van der Waals surface area contributed by atoms with E-state index in [0.29, 0.717) is 43.9 Å². The molecular weight excluding hydrogens is 463 g/mol. The molecule has 1 unspecified atom stereocenters. The Balaban J connectivity index is 1.33. The van der Waals surface area contributed by atoms with Crippen LogP contribution >= 0.6 is 0 Å². The molecule has 2 saturated heterocycles. The predicted octanol–water partition coefficient (Wildman–Crippen LogP) is 2.42. The number of aryl methyl sites for hydroxylation is 1. The van der Waals surface area contributed by atoms with E-state index in [1.54, 1.807) is 12.3 Å². The van der Waals surface area contributed by atoms with Crippen LogP contribution in [0, 0.1) is 12.8 Å². The third-order valence-electron chi connectivity index (χ3n) is 6.71. The van der Waals surface area contributed by atoms with Gasteiger partial charge in [0, 0.05) is 44.5 Å². The third kappa shape index (κ3) is 4.49. The molecule has 0 bridgehead atoms. The summed E-state index contributed by atoms with van der Waals surface area (Å²) in [5, 5.41) is 14.8. The first-order valence-corrected chi connectivity index (χ1v) is 11.5. The number of hydrogen-bond acceptors (Lipinski definition) is 7. The first-order chi connectivity index (χ1) is 16.6. The highest BCUT2D eigenvalue weighted by Gasteiger charge is 2.33. The molecule has 1 atom stereocenters. The number of benzene rings is 1. The van der Waals surface area contributed by atoms with Crippen LogP contribution in [0.4, 0.5) is 19.1 Å². The fourth-order valence-electron chi connectivity index (χ4n) is 4.83. The Hall–Kier alpha value is -3.41. The summed E-state index contributed by atoms with van der Waals surface area (Å²) < 4.78 is 40.7. The van der Waals surface area contributed by atoms with Gasteiger partial charge in [0.2, 0.25) is 11.9 Å². The lowest BCUT2D eigenvalue weighted by molar-refractivity contribution is -0.138. The van der Waals surface area contributed by atoms with E-state index in [1.165, 1.54) is 11.4 Å². The Morgan fingerprint density at radius 3 is 2.49 bits per heavy atom.